The molecule has 0 unspecified atom stereocenters. The summed E-state index contributed by atoms with van der Waals surface area (Å²) in [6.07, 6.45) is 5.72. The molecule has 11 heteroatoms. The number of hydrogen-bond donors (Lipinski definition) is 1. The third-order valence-corrected chi connectivity index (χ3v) is 11.0. The van der Waals surface area contributed by atoms with Crippen LogP contribution < -0.4 is 9.62 Å². The first kappa shape index (κ1) is 28.2. The monoisotopic (exact) mass is 573 g/mol. The van der Waals surface area contributed by atoms with Crippen molar-refractivity contribution in [2.45, 2.75) is 40.4 Å². The van der Waals surface area contributed by atoms with Crippen LogP contribution in [0.15, 0.2) is 87.5 Å². The molecule has 0 saturated carbocycles. The van der Waals surface area contributed by atoms with Crippen molar-refractivity contribution >= 4 is 49.1 Å². The van der Waals surface area contributed by atoms with Gasteiger partial charge < -0.3 is 5.32 Å². The van der Waals surface area contributed by atoms with Crippen LogP contribution in [0.1, 0.15) is 36.0 Å². The molecule has 0 atom stereocenters. The lowest BCUT2D eigenvalue weighted by Crippen LogP contribution is -2.31. The van der Waals surface area contributed by atoms with Crippen molar-refractivity contribution in [3.05, 3.63) is 78.4 Å². The number of rotatable bonds is 8. The van der Waals surface area contributed by atoms with Crippen LogP contribution in [0, 0.1) is 0 Å². The van der Waals surface area contributed by atoms with E-state index in [0.717, 1.165) is 30.6 Å². The first-order chi connectivity index (χ1) is 18.1. The number of amides is 1. The molecule has 1 N–H and O–H groups in total. The molecule has 38 heavy (non-hydrogen) atoms. The summed E-state index contributed by atoms with van der Waals surface area (Å²) in [6, 6.07) is 19.0. The summed E-state index contributed by atoms with van der Waals surface area (Å²) in [5.41, 5.74) is 1.21. The fraction of sp³-hybridized carbons (Fsp3) is 0.296. The predicted octanol–water partition coefficient (Wildman–Crippen LogP) is 5.05. The van der Waals surface area contributed by atoms with E-state index in [-0.39, 0.29) is 9.79 Å². The standard InChI is InChI=1S/C27H31N3O5S3/c1-29(37(32,33)25-17-13-24(36-2)14-18-25)23-11-7-21(8-12-23)27(31)28-22-9-15-26(16-10-22)38(34,35)30-19-5-3-4-6-20-30/h7-18H,3-6,19-20H2,1-2H3,(H,28,31). The van der Waals surface area contributed by atoms with Crippen molar-refractivity contribution in [2.75, 3.05) is 36.0 Å². The van der Waals surface area contributed by atoms with E-state index in [1.165, 1.54) is 39.6 Å². The first-order valence-corrected chi connectivity index (χ1v) is 16.4. The summed E-state index contributed by atoms with van der Waals surface area (Å²) >= 11 is 1.53. The van der Waals surface area contributed by atoms with E-state index in [1.54, 1.807) is 60.7 Å². The second kappa shape index (κ2) is 11.9. The third kappa shape index (κ3) is 6.23. The number of thioether (sulfide) groups is 1. The van der Waals surface area contributed by atoms with Gasteiger partial charge in [0.25, 0.3) is 15.9 Å². The summed E-state index contributed by atoms with van der Waals surface area (Å²) in [6.45, 7) is 1.05. The van der Waals surface area contributed by atoms with Crippen LogP contribution in [0.5, 0.6) is 0 Å². The topological polar surface area (TPSA) is 104 Å². The van der Waals surface area contributed by atoms with Gasteiger partial charge in [-0.25, -0.2) is 16.8 Å². The van der Waals surface area contributed by atoms with E-state index in [9.17, 15) is 21.6 Å². The van der Waals surface area contributed by atoms with E-state index in [4.69, 9.17) is 0 Å². The SMILES string of the molecule is CSc1ccc(S(=O)(=O)N(C)c2ccc(C(=O)Nc3ccc(S(=O)(=O)N4CCCCCC4)cc3)cc2)cc1. The van der Waals surface area contributed by atoms with Gasteiger partial charge >= 0.3 is 0 Å². The molecular formula is C27H31N3O5S3. The van der Waals surface area contributed by atoms with Gasteiger partial charge in [0.2, 0.25) is 10.0 Å². The van der Waals surface area contributed by atoms with Crippen molar-refractivity contribution in [1.82, 2.24) is 4.31 Å². The number of nitrogens with zero attached hydrogens (tertiary/aromatic N) is 2. The number of nitrogens with one attached hydrogen (secondary N) is 1. The summed E-state index contributed by atoms with van der Waals surface area (Å²) in [5, 5.41) is 2.76. The average Bonchev–Trinajstić information content (AvgIpc) is 3.23. The molecule has 8 nitrogen and oxygen atoms in total. The normalized spacial score (nSPS) is 15.0. The van der Waals surface area contributed by atoms with Gasteiger partial charge in [-0.1, -0.05) is 12.8 Å². The maximum Gasteiger partial charge on any atom is 0.264 e. The Morgan fingerprint density at radius 1 is 0.789 bits per heavy atom. The second-order valence-corrected chi connectivity index (χ2v) is 13.8. The van der Waals surface area contributed by atoms with Gasteiger partial charge in [0.05, 0.1) is 15.5 Å². The number of benzene rings is 3. The van der Waals surface area contributed by atoms with Crippen LogP contribution in [0.4, 0.5) is 11.4 Å². The van der Waals surface area contributed by atoms with Gasteiger partial charge in [0.15, 0.2) is 0 Å². The molecule has 0 radical (unpaired) electrons. The van der Waals surface area contributed by atoms with Gasteiger partial charge in [-0.15, -0.1) is 11.8 Å². The Kier molecular flexibility index (Phi) is 8.81. The second-order valence-electron chi connectivity index (χ2n) is 8.99. The number of anilines is 2. The predicted molar refractivity (Wildman–Crippen MR) is 152 cm³/mol. The zero-order chi connectivity index (χ0) is 27.3. The maximum absolute atomic E-state index is 13.0. The molecule has 1 amide bonds. The zero-order valence-corrected chi connectivity index (χ0v) is 23.8. The highest BCUT2D eigenvalue weighted by molar-refractivity contribution is 7.98. The minimum absolute atomic E-state index is 0.181. The average molecular weight is 574 g/mol. The smallest absolute Gasteiger partial charge is 0.264 e. The van der Waals surface area contributed by atoms with Crippen molar-refractivity contribution in [1.29, 1.82) is 0 Å². The molecule has 0 spiro atoms. The molecule has 0 aliphatic carbocycles. The van der Waals surface area contributed by atoms with E-state index in [0.29, 0.717) is 30.0 Å². The highest BCUT2D eigenvalue weighted by Crippen LogP contribution is 2.25. The summed E-state index contributed by atoms with van der Waals surface area (Å²) < 4.78 is 54.6. The maximum atomic E-state index is 13.0. The highest BCUT2D eigenvalue weighted by Gasteiger charge is 2.25. The number of carbonyl (C=O) groups is 1. The zero-order valence-electron chi connectivity index (χ0n) is 21.3. The Bertz CT molecular complexity index is 1460. The fourth-order valence-corrected chi connectivity index (χ4v) is 7.33. The molecule has 0 aromatic heterocycles. The minimum atomic E-state index is -3.75. The van der Waals surface area contributed by atoms with Crippen LogP contribution in [0.2, 0.25) is 0 Å². The van der Waals surface area contributed by atoms with Gasteiger partial charge in [0.1, 0.15) is 0 Å². The Morgan fingerprint density at radius 2 is 1.34 bits per heavy atom. The summed E-state index contributed by atoms with van der Waals surface area (Å²) in [5.74, 6) is -0.391. The van der Waals surface area contributed by atoms with E-state index in [2.05, 4.69) is 5.32 Å². The lowest BCUT2D eigenvalue weighted by Gasteiger charge is -2.20. The van der Waals surface area contributed by atoms with Gasteiger partial charge in [0, 0.05) is 36.3 Å². The van der Waals surface area contributed by atoms with Crippen LogP contribution in [-0.4, -0.2) is 53.4 Å². The van der Waals surface area contributed by atoms with E-state index in [1.807, 2.05) is 6.26 Å². The van der Waals surface area contributed by atoms with Crippen LogP contribution in [0.25, 0.3) is 0 Å². The minimum Gasteiger partial charge on any atom is -0.322 e. The fourth-order valence-electron chi connectivity index (χ4n) is 4.21. The van der Waals surface area contributed by atoms with Crippen molar-refractivity contribution in [3.63, 3.8) is 0 Å². The molecule has 1 aliphatic rings. The van der Waals surface area contributed by atoms with E-state index >= 15 is 0 Å². The lowest BCUT2D eigenvalue weighted by atomic mass is 10.2. The van der Waals surface area contributed by atoms with Crippen molar-refractivity contribution in [3.8, 4) is 0 Å². The number of hydrogen-bond acceptors (Lipinski definition) is 6. The molecule has 0 bridgehead atoms. The highest BCUT2D eigenvalue weighted by atomic mass is 32.2. The first-order valence-electron chi connectivity index (χ1n) is 12.3. The van der Waals surface area contributed by atoms with Gasteiger partial charge in [-0.3, -0.25) is 9.10 Å². The largest absolute Gasteiger partial charge is 0.322 e. The molecule has 3 aromatic carbocycles. The molecule has 1 heterocycles. The van der Waals surface area contributed by atoms with Crippen LogP contribution >= 0.6 is 11.8 Å². The van der Waals surface area contributed by atoms with E-state index < -0.39 is 26.0 Å². The summed E-state index contributed by atoms with van der Waals surface area (Å²) in [7, 11) is -5.85. The molecule has 1 aliphatic heterocycles. The Labute approximate surface area is 229 Å². The van der Waals surface area contributed by atoms with Crippen LogP contribution in [0.3, 0.4) is 0 Å². The third-order valence-electron chi connectivity index (χ3n) is 6.53. The molecule has 202 valence electrons. The van der Waals surface area contributed by atoms with Gasteiger partial charge in [-0.05, 0) is 91.9 Å². The number of carbonyl (C=O) groups excluding carboxylic acids is 1. The quantitative estimate of drug-likeness (QED) is 0.378. The Balaban J connectivity index is 1.42. The molecule has 4 rings (SSSR count). The number of sulfonamides is 2. The molecular weight excluding hydrogens is 543 g/mol. The van der Waals surface area contributed by atoms with Gasteiger partial charge in [-0.2, -0.15) is 4.31 Å². The Morgan fingerprint density at radius 3 is 1.89 bits per heavy atom. The molecule has 3 aromatic rings. The lowest BCUT2D eigenvalue weighted by molar-refractivity contribution is 0.102. The molecule has 1 fully saturated rings. The summed E-state index contributed by atoms with van der Waals surface area (Å²) in [4.78, 5) is 14.1. The molecule has 1 saturated heterocycles. The Hall–Kier alpha value is -2.86. The van der Waals surface area contributed by atoms with Crippen molar-refractivity contribution < 1.29 is 21.6 Å². The van der Waals surface area contributed by atoms with Crippen molar-refractivity contribution in [2.24, 2.45) is 0 Å². The van der Waals surface area contributed by atoms with Crippen LogP contribution in [-0.2, 0) is 20.0 Å².